The Labute approximate surface area is 193 Å². The Morgan fingerprint density at radius 3 is 2.48 bits per heavy atom. The molecule has 1 aromatic heterocycles. The number of piperidine rings is 1. The Kier molecular flexibility index (Phi) is 6.19. The number of halogens is 1. The van der Waals surface area contributed by atoms with Crippen LogP contribution in [0.2, 0.25) is 0 Å². The van der Waals surface area contributed by atoms with Crippen molar-refractivity contribution in [1.29, 1.82) is 0 Å². The summed E-state index contributed by atoms with van der Waals surface area (Å²) in [6.45, 7) is 2.29. The molecule has 3 aromatic rings. The molecule has 2 aliphatic heterocycles. The van der Waals surface area contributed by atoms with Crippen LogP contribution in [0.15, 0.2) is 66.9 Å². The van der Waals surface area contributed by atoms with Crippen LogP contribution in [0.5, 0.6) is 0 Å². The molecule has 1 atom stereocenters. The average molecular weight is 446 g/mol. The maximum Gasteiger partial charge on any atom is 0.245 e. The first-order valence-corrected chi connectivity index (χ1v) is 11.6. The molecule has 3 heterocycles. The summed E-state index contributed by atoms with van der Waals surface area (Å²) in [6, 6.07) is 18.5. The number of aromatic nitrogens is 2. The van der Waals surface area contributed by atoms with Crippen LogP contribution in [-0.2, 0) is 4.79 Å². The number of carbonyl (C=O) groups excluding carboxylic acids is 1. The summed E-state index contributed by atoms with van der Waals surface area (Å²) >= 11 is 0. The zero-order valence-electron chi connectivity index (χ0n) is 18.5. The summed E-state index contributed by atoms with van der Waals surface area (Å²) < 4.78 is 14.0. The Hall–Kier alpha value is -3.48. The molecule has 1 amide bonds. The van der Waals surface area contributed by atoms with E-state index < -0.39 is 0 Å². The quantitative estimate of drug-likeness (QED) is 0.615. The normalized spacial score (nSPS) is 19.0. The van der Waals surface area contributed by atoms with Crippen molar-refractivity contribution in [3.05, 3.63) is 78.2 Å². The molecule has 1 unspecified atom stereocenters. The van der Waals surface area contributed by atoms with Crippen LogP contribution in [-0.4, -0.2) is 46.5 Å². The lowest BCUT2D eigenvalue weighted by Gasteiger charge is -2.35. The van der Waals surface area contributed by atoms with Crippen molar-refractivity contribution in [3.8, 4) is 0 Å². The number of hydrogen-bond donors (Lipinski definition) is 1. The molecule has 2 saturated heterocycles. The molecule has 7 heteroatoms. The molecule has 0 radical (unpaired) electrons. The van der Waals surface area contributed by atoms with Crippen LogP contribution in [0.3, 0.4) is 0 Å². The first kappa shape index (κ1) is 21.4. The van der Waals surface area contributed by atoms with Crippen molar-refractivity contribution in [2.24, 2.45) is 0 Å². The number of amides is 1. The largest absolute Gasteiger partial charge is 0.341 e. The smallest absolute Gasteiger partial charge is 0.245 e. The fourth-order valence-corrected chi connectivity index (χ4v) is 4.89. The number of rotatable bonds is 5. The van der Waals surface area contributed by atoms with Gasteiger partial charge in [-0.05, 0) is 55.4 Å². The van der Waals surface area contributed by atoms with Crippen molar-refractivity contribution in [1.82, 2.24) is 14.9 Å². The summed E-state index contributed by atoms with van der Waals surface area (Å²) in [5.41, 5.74) is 1.72. The van der Waals surface area contributed by atoms with Gasteiger partial charge in [0.2, 0.25) is 11.9 Å². The van der Waals surface area contributed by atoms with Crippen LogP contribution in [0, 0.1) is 5.82 Å². The van der Waals surface area contributed by atoms with E-state index >= 15 is 0 Å². The van der Waals surface area contributed by atoms with E-state index in [9.17, 15) is 9.18 Å². The molecule has 0 aliphatic carbocycles. The molecule has 1 N–H and O–H groups in total. The molecule has 0 spiro atoms. The van der Waals surface area contributed by atoms with Gasteiger partial charge in [-0.1, -0.05) is 42.5 Å². The topological polar surface area (TPSA) is 61.4 Å². The van der Waals surface area contributed by atoms with Gasteiger partial charge in [-0.15, -0.1) is 0 Å². The Morgan fingerprint density at radius 1 is 0.939 bits per heavy atom. The number of nitrogens with zero attached hydrogens (tertiary/aromatic N) is 4. The number of nitrogens with one attached hydrogen (secondary N) is 1. The lowest BCUT2D eigenvalue weighted by Crippen LogP contribution is -2.48. The van der Waals surface area contributed by atoms with Gasteiger partial charge < -0.3 is 15.1 Å². The monoisotopic (exact) mass is 445 g/mol. The summed E-state index contributed by atoms with van der Waals surface area (Å²) in [5, 5.41) is 3.02. The van der Waals surface area contributed by atoms with Gasteiger partial charge in [-0.25, -0.2) is 9.37 Å². The highest BCUT2D eigenvalue weighted by Gasteiger charge is 2.36. The SMILES string of the molecule is O=C(C1CCCN1c1nccc(Nc2ccccc2F)n1)N1CCC(c2ccccc2)CC1. The molecule has 33 heavy (non-hydrogen) atoms. The van der Waals surface area contributed by atoms with Crippen molar-refractivity contribution < 1.29 is 9.18 Å². The van der Waals surface area contributed by atoms with Crippen LogP contribution in [0.25, 0.3) is 0 Å². The van der Waals surface area contributed by atoms with E-state index in [4.69, 9.17) is 0 Å². The maximum atomic E-state index is 14.0. The summed E-state index contributed by atoms with van der Waals surface area (Å²) in [5.74, 6) is 1.35. The van der Waals surface area contributed by atoms with Gasteiger partial charge in [0.05, 0.1) is 5.69 Å². The van der Waals surface area contributed by atoms with Gasteiger partial charge in [-0.3, -0.25) is 4.79 Å². The van der Waals surface area contributed by atoms with Gasteiger partial charge in [0.15, 0.2) is 0 Å². The van der Waals surface area contributed by atoms with E-state index in [2.05, 4.69) is 39.6 Å². The zero-order valence-corrected chi connectivity index (χ0v) is 18.5. The summed E-state index contributed by atoms with van der Waals surface area (Å²) in [6.07, 6.45) is 5.34. The highest BCUT2D eigenvalue weighted by Crippen LogP contribution is 2.30. The zero-order chi connectivity index (χ0) is 22.6. The highest BCUT2D eigenvalue weighted by molar-refractivity contribution is 5.85. The number of anilines is 3. The van der Waals surface area contributed by atoms with Crippen LogP contribution >= 0.6 is 0 Å². The number of para-hydroxylation sites is 1. The molecule has 0 bridgehead atoms. The molecule has 2 fully saturated rings. The Bertz CT molecular complexity index is 1100. The first-order chi connectivity index (χ1) is 16.2. The molecule has 170 valence electrons. The third-order valence-electron chi connectivity index (χ3n) is 6.65. The van der Waals surface area contributed by atoms with E-state index in [1.165, 1.54) is 11.6 Å². The predicted molar refractivity (Wildman–Crippen MR) is 127 cm³/mol. The van der Waals surface area contributed by atoms with Crippen molar-refractivity contribution in [3.63, 3.8) is 0 Å². The lowest BCUT2D eigenvalue weighted by molar-refractivity contribution is -0.133. The highest BCUT2D eigenvalue weighted by atomic mass is 19.1. The van der Waals surface area contributed by atoms with Crippen molar-refractivity contribution in [2.75, 3.05) is 29.9 Å². The molecular weight excluding hydrogens is 417 g/mol. The van der Waals surface area contributed by atoms with Crippen LogP contribution < -0.4 is 10.2 Å². The Morgan fingerprint density at radius 2 is 1.70 bits per heavy atom. The second-order valence-electron chi connectivity index (χ2n) is 8.71. The molecule has 0 saturated carbocycles. The van der Waals surface area contributed by atoms with E-state index in [-0.39, 0.29) is 17.8 Å². The molecule has 2 aromatic carbocycles. The van der Waals surface area contributed by atoms with Crippen molar-refractivity contribution >= 4 is 23.4 Å². The van der Waals surface area contributed by atoms with Crippen LogP contribution in [0.1, 0.15) is 37.2 Å². The fraction of sp³-hybridized carbons (Fsp3) is 0.346. The van der Waals surface area contributed by atoms with E-state index in [1.54, 1.807) is 30.5 Å². The molecular formula is C26H28FN5O. The minimum Gasteiger partial charge on any atom is -0.341 e. The van der Waals surface area contributed by atoms with Gasteiger partial charge in [-0.2, -0.15) is 4.98 Å². The fourth-order valence-electron chi connectivity index (χ4n) is 4.89. The van der Waals surface area contributed by atoms with Crippen LogP contribution in [0.4, 0.5) is 21.8 Å². The summed E-state index contributed by atoms with van der Waals surface area (Å²) in [4.78, 5) is 26.4. The van der Waals surface area contributed by atoms with E-state index in [1.807, 2.05) is 15.9 Å². The third-order valence-corrected chi connectivity index (χ3v) is 6.65. The van der Waals surface area contributed by atoms with Gasteiger partial charge in [0.1, 0.15) is 17.7 Å². The average Bonchev–Trinajstić information content (AvgIpc) is 3.36. The summed E-state index contributed by atoms with van der Waals surface area (Å²) in [7, 11) is 0. The van der Waals surface area contributed by atoms with Gasteiger partial charge in [0.25, 0.3) is 0 Å². The second kappa shape index (κ2) is 9.57. The molecule has 6 nitrogen and oxygen atoms in total. The van der Waals surface area contributed by atoms with Crippen molar-refractivity contribution in [2.45, 2.75) is 37.6 Å². The maximum absolute atomic E-state index is 14.0. The van der Waals surface area contributed by atoms with E-state index in [0.29, 0.717) is 23.4 Å². The number of hydrogen-bond acceptors (Lipinski definition) is 5. The van der Waals surface area contributed by atoms with Gasteiger partial charge >= 0.3 is 0 Å². The minimum atomic E-state index is -0.342. The van der Waals surface area contributed by atoms with Gasteiger partial charge in [0, 0.05) is 25.8 Å². The first-order valence-electron chi connectivity index (χ1n) is 11.6. The number of benzene rings is 2. The number of likely N-dealkylation sites (tertiary alicyclic amines) is 1. The standard InChI is InChI=1S/C26H28FN5O/c27-21-9-4-5-10-22(21)29-24-12-15-28-26(30-24)32-16-6-11-23(32)25(33)31-17-13-20(14-18-31)19-7-2-1-3-8-19/h1-5,7-10,12,15,20,23H,6,11,13-14,16-18H2,(H,28,29,30). The molecule has 5 rings (SSSR count). The third kappa shape index (κ3) is 4.67. The lowest BCUT2D eigenvalue weighted by atomic mass is 9.89. The van der Waals surface area contributed by atoms with E-state index in [0.717, 1.165) is 45.3 Å². The Balaban J connectivity index is 1.26. The second-order valence-corrected chi connectivity index (χ2v) is 8.71. The number of carbonyl (C=O) groups is 1. The molecule has 2 aliphatic rings. The predicted octanol–water partition coefficient (Wildman–Crippen LogP) is 4.73. The minimum absolute atomic E-state index is 0.162.